The first-order valence-electron chi connectivity index (χ1n) is 5.68. The largest absolute Gasteiger partial charge is 0.478 e. The average Bonchev–Trinajstić information content (AvgIpc) is 2.43. The number of amides is 1. The van der Waals surface area contributed by atoms with E-state index in [9.17, 15) is 14.0 Å². The van der Waals surface area contributed by atoms with Crippen LogP contribution in [0.1, 0.15) is 20.7 Å². The van der Waals surface area contributed by atoms with Crippen LogP contribution in [0.25, 0.3) is 0 Å². The van der Waals surface area contributed by atoms with Crippen molar-refractivity contribution in [2.24, 2.45) is 0 Å². The molecule has 0 unspecified atom stereocenters. The van der Waals surface area contributed by atoms with E-state index in [1.165, 1.54) is 36.4 Å². The molecule has 2 N–H and O–H groups in total. The van der Waals surface area contributed by atoms with E-state index in [2.05, 4.69) is 21.2 Å². The number of aromatic carboxylic acids is 1. The van der Waals surface area contributed by atoms with Crippen molar-refractivity contribution in [3.05, 3.63) is 62.8 Å². The zero-order chi connectivity index (χ0) is 15.6. The summed E-state index contributed by atoms with van der Waals surface area (Å²) in [5, 5.41) is 11.5. The SMILES string of the molecule is O=C(O)c1cc(NC(=O)c2cccc(F)c2Br)ccc1Cl. The third kappa shape index (κ3) is 3.40. The minimum Gasteiger partial charge on any atom is -0.478 e. The van der Waals surface area contributed by atoms with Crippen molar-refractivity contribution in [1.82, 2.24) is 0 Å². The van der Waals surface area contributed by atoms with Gasteiger partial charge in [-0.2, -0.15) is 0 Å². The Morgan fingerprint density at radius 3 is 2.57 bits per heavy atom. The summed E-state index contributed by atoms with van der Waals surface area (Å²) in [6.45, 7) is 0. The van der Waals surface area contributed by atoms with E-state index >= 15 is 0 Å². The second-order valence-electron chi connectivity index (χ2n) is 4.06. The van der Waals surface area contributed by atoms with Crippen molar-refractivity contribution < 1.29 is 19.1 Å². The third-order valence-corrected chi connectivity index (χ3v) is 3.79. The summed E-state index contributed by atoms with van der Waals surface area (Å²) in [6.07, 6.45) is 0. The number of carboxylic acid groups (broad SMARTS) is 1. The normalized spacial score (nSPS) is 10.2. The molecule has 2 aromatic rings. The van der Waals surface area contributed by atoms with Crippen LogP contribution in [0.4, 0.5) is 10.1 Å². The number of carboxylic acids is 1. The second-order valence-corrected chi connectivity index (χ2v) is 5.26. The lowest BCUT2D eigenvalue weighted by Gasteiger charge is -2.08. The van der Waals surface area contributed by atoms with Gasteiger partial charge in [0.2, 0.25) is 0 Å². The predicted octanol–water partition coefficient (Wildman–Crippen LogP) is 4.19. The van der Waals surface area contributed by atoms with Crippen LogP contribution in [-0.4, -0.2) is 17.0 Å². The molecule has 0 heterocycles. The number of carbonyl (C=O) groups is 2. The van der Waals surface area contributed by atoms with Gasteiger partial charge < -0.3 is 10.4 Å². The molecule has 0 aromatic heterocycles. The zero-order valence-electron chi connectivity index (χ0n) is 10.4. The average molecular weight is 373 g/mol. The van der Waals surface area contributed by atoms with Gasteiger partial charge >= 0.3 is 5.97 Å². The first-order valence-corrected chi connectivity index (χ1v) is 6.85. The number of benzene rings is 2. The molecular weight excluding hydrogens is 365 g/mol. The summed E-state index contributed by atoms with van der Waals surface area (Å²) >= 11 is 8.73. The maximum Gasteiger partial charge on any atom is 0.337 e. The van der Waals surface area contributed by atoms with Crippen LogP contribution in [0.2, 0.25) is 5.02 Å². The molecule has 2 rings (SSSR count). The Bertz CT molecular complexity index is 736. The van der Waals surface area contributed by atoms with Gasteiger partial charge in [0, 0.05) is 5.69 Å². The number of hydrogen-bond donors (Lipinski definition) is 2. The number of anilines is 1. The standard InChI is InChI=1S/C14H8BrClFNO3/c15-12-8(2-1-3-11(12)17)13(19)18-7-4-5-10(16)9(6-7)14(20)21/h1-6H,(H,18,19)(H,20,21). The Morgan fingerprint density at radius 2 is 1.90 bits per heavy atom. The van der Waals surface area contributed by atoms with Crippen LogP contribution in [0.5, 0.6) is 0 Å². The Kier molecular flexibility index (Phi) is 4.59. The third-order valence-electron chi connectivity index (χ3n) is 2.65. The highest BCUT2D eigenvalue weighted by atomic mass is 79.9. The van der Waals surface area contributed by atoms with Gasteiger partial charge in [0.1, 0.15) is 5.82 Å². The minimum atomic E-state index is -1.21. The van der Waals surface area contributed by atoms with Gasteiger partial charge in [0.15, 0.2) is 0 Å². The lowest BCUT2D eigenvalue weighted by atomic mass is 10.1. The molecule has 0 saturated heterocycles. The van der Waals surface area contributed by atoms with Crippen LogP contribution in [0, 0.1) is 5.82 Å². The van der Waals surface area contributed by atoms with Gasteiger partial charge in [-0.25, -0.2) is 9.18 Å². The second kappa shape index (κ2) is 6.24. The van der Waals surface area contributed by atoms with Gasteiger partial charge in [-0.15, -0.1) is 0 Å². The molecule has 0 bridgehead atoms. The first kappa shape index (κ1) is 15.5. The fraction of sp³-hybridized carbons (Fsp3) is 0. The Labute approximate surface area is 132 Å². The van der Waals surface area contributed by atoms with Gasteiger partial charge in [0.25, 0.3) is 5.91 Å². The molecule has 0 aliphatic heterocycles. The molecular formula is C14H8BrClFNO3. The molecule has 0 radical (unpaired) electrons. The van der Waals surface area contributed by atoms with Crippen LogP contribution in [-0.2, 0) is 0 Å². The maximum atomic E-state index is 13.4. The van der Waals surface area contributed by atoms with Gasteiger partial charge in [-0.1, -0.05) is 17.7 Å². The van der Waals surface area contributed by atoms with Crippen LogP contribution < -0.4 is 5.32 Å². The minimum absolute atomic E-state index is 0.0370. The maximum absolute atomic E-state index is 13.4. The molecule has 0 aliphatic rings. The summed E-state index contributed by atoms with van der Waals surface area (Å²) in [6, 6.07) is 8.11. The van der Waals surface area contributed by atoms with E-state index in [1.807, 2.05) is 0 Å². The molecule has 7 heteroatoms. The highest BCUT2D eigenvalue weighted by Crippen LogP contribution is 2.24. The lowest BCUT2D eigenvalue weighted by molar-refractivity contribution is 0.0696. The van der Waals surface area contributed by atoms with Crippen LogP contribution >= 0.6 is 27.5 Å². The Balaban J connectivity index is 2.30. The molecule has 0 fully saturated rings. The van der Waals surface area contributed by atoms with E-state index in [-0.39, 0.29) is 26.3 Å². The topological polar surface area (TPSA) is 66.4 Å². The lowest BCUT2D eigenvalue weighted by Crippen LogP contribution is -2.13. The van der Waals surface area contributed by atoms with Crippen LogP contribution in [0.3, 0.4) is 0 Å². The predicted molar refractivity (Wildman–Crippen MR) is 80.5 cm³/mol. The summed E-state index contributed by atoms with van der Waals surface area (Å²) in [5.74, 6) is -2.34. The van der Waals surface area contributed by atoms with E-state index in [4.69, 9.17) is 16.7 Å². The van der Waals surface area contributed by atoms with E-state index in [0.717, 1.165) is 0 Å². The number of carbonyl (C=O) groups excluding carboxylic acids is 1. The molecule has 108 valence electrons. The van der Waals surface area contributed by atoms with Gasteiger partial charge in [-0.05, 0) is 46.3 Å². The fourth-order valence-electron chi connectivity index (χ4n) is 1.64. The Morgan fingerprint density at radius 1 is 1.19 bits per heavy atom. The summed E-state index contributed by atoms with van der Waals surface area (Å²) in [7, 11) is 0. The molecule has 0 aliphatic carbocycles. The Hall–Kier alpha value is -1.92. The molecule has 2 aromatic carbocycles. The smallest absolute Gasteiger partial charge is 0.337 e. The number of rotatable bonds is 3. The quantitative estimate of drug-likeness (QED) is 0.849. The number of halogens is 3. The zero-order valence-corrected chi connectivity index (χ0v) is 12.7. The fourth-order valence-corrected chi connectivity index (χ4v) is 2.29. The highest BCUT2D eigenvalue weighted by molar-refractivity contribution is 9.10. The molecule has 4 nitrogen and oxygen atoms in total. The van der Waals surface area contributed by atoms with E-state index in [1.54, 1.807) is 0 Å². The van der Waals surface area contributed by atoms with Gasteiger partial charge in [-0.3, -0.25) is 4.79 Å². The van der Waals surface area contributed by atoms with E-state index in [0.29, 0.717) is 0 Å². The first-order chi connectivity index (χ1) is 9.90. The van der Waals surface area contributed by atoms with Crippen molar-refractivity contribution >= 4 is 45.1 Å². The van der Waals surface area contributed by atoms with Crippen molar-refractivity contribution in [1.29, 1.82) is 0 Å². The van der Waals surface area contributed by atoms with Crippen molar-refractivity contribution in [3.63, 3.8) is 0 Å². The monoisotopic (exact) mass is 371 g/mol. The number of nitrogens with one attached hydrogen (secondary N) is 1. The number of hydrogen-bond acceptors (Lipinski definition) is 2. The molecule has 21 heavy (non-hydrogen) atoms. The van der Waals surface area contributed by atoms with Crippen molar-refractivity contribution in [2.45, 2.75) is 0 Å². The molecule has 0 saturated carbocycles. The molecule has 0 spiro atoms. The van der Waals surface area contributed by atoms with Crippen LogP contribution in [0.15, 0.2) is 40.9 Å². The van der Waals surface area contributed by atoms with Crippen molar-refractivity contribution in [2.75, 3.05) is 5.32 Å². The molecule has 0 atom stereocenters. The van der Waals surface area contributed by atoms with Crippen molar-refractivity contribution in [3.8, 4) is 0 Å². The summed E-state index contributed by atoms with van der Waals surface area (Å²) < 4.78 is 13.4. The highest BCUT2D eigenvalue weighted by Gasteiger charge is 2.15. The summed E-state index contributed by atoms with van der Waals surface area (Å²) in [5.41, 5.74) is 0.215. The van der Waals surface area contributed by atoms with E-state index < -0.39 is 17.7 Å². The summed E-state index contributed by atoms with van der Waals surface area (Å²) in [4.78, 5) is 23.0. The van der Waals surface area contributed by atoms with Gasteiger partial charge in [0.05, 0.1) is 20.6 Å². The molecule has 1 amide bonds.